The molecule has 40 heavy (non-hydrogen) atoms. The van der Waals surface area contributed by atoms with Crippen LogP contribution in [0.25, 0.3) is 0 Å². The zero-order chi connectivity index (χ0) is 29.7. The fourth-order valence-corrected chi connectivity index (χ4v) is 4.17. The smallest absolute Gasteiger partial charge is 0.314 e. The summed E-state index contributed by atoms with van der Waals surface area (Å²) in [7, 11) is 3.70. The number of nitrogens with zero attached hydrogens (tertiary/aromatic N) is 4. The maximum atomic E-state index is 11.4. The molecule has 0 amide bonds. The first kappa shape index (κ1) is 32.4. The van der Waals surface area contributed by atoms with Gasteiger partial charge in [-0.25, -0.2) is 0 Å². The van der Waals surface area contributed by atoms with Gasteiger partial charge in [-0.15, -0.1) is 16.8 Å². The van der Waals surface area contributed by atoms with Crippen molar-refractivity contribution < 1.29 is 24.6 Å². The van der Waals surface area contributed by atoms with Crippen LogP contribution < -0.4 is 14.4 Å². The number of azo groups is 1. The van der Waals surface area contributed by atoms with Crippen molar-refractivity contribution in [3.8, 4) is 23.0 Å². The Morgan fingerprint density at radius 3 is 2.15 bits per heavy atom. The number of hydrogen-bond acceptors (Lipinski definition) is 9. The van der Waals surface area contributed by atoms with Gasteiger partial charge < -0.3 is 24.6 Å². The maximum absolute atomic E-state index is 11.4. The number of anilines is 1. The molecular weight excluding hydrogens is 512 g/mol. The second-order valence-corrected chi connectivity index (χ2v) is 10.2. The number of nitro benzene ring substituents is 1. The largest absolute Gasteiger partial charge is 0.506 e. The number of aromatic hydroxyl groups is 2. The van der Waals surface area contributed by atoms with E-state index < -0.39 is 16.4 Å². The average Bonchev–Trinajstić information content (AvgIpc) is 2.90. The van der Waals surface area contributed by atoms with Gasteiger partial charge in [0.2, 0.25) is 0 Å². The van der Waals surface area contributed by atoms with E-state index >= 15 is 0 Å². The SMILES string of the molecule is C=CCCCC[C@H](C)Oc1cc(N=Nc2cc(O)c([N+](=O)[O-])cc2O[C@@H](C)CCCCCC)c(O)cc1N(C)C. The molecule has 0 saturated heterocycles. The van der Waals surface area contributed by atoms with Crippen molar-refractivity contribution in [3.05, 3.63) is 47.0 Å². The van der Waals surface area contributed by atoms with Crippen LogP contribution in [-0.2, 0) is 0 Å². The summed E-state index contributed by atoms with van der Waals surface area (Å²) in [5.74, 6) is 0.00154. The molecule has 2 atom stereocenters. The number of ether oxygens (including phenoxy) is 2. The van der Waals surface area contributed by atoms with Crippen molar-refractivity contribution in [2.75, 3.05) is 19.0 Å². The summed E-state index contributed by atoms with van der Waals surface area (Å²) in [4.78, 5) is 12.6. The normalized spacial score (nSPS) is 12.7. The van der Waals surface area contributed by atoms with Crippen LogP contribution in [0.15, 0.2) is 47.1 Å². The van der Waals surface area contributed by atoms with E-state index in [1.165, 1.54) is 0 Å². The van der Waals surface area contributed by atoms with Gasteiger partial charge in [0.25, 0.3) is 0 Å². The molecule has 10 nitrogen and oxygen atoms in total. The van der Waals surface area contributed by atoms with E-state index in [4.69, 9.17) is 9.47 Å². The van der Waals surface area contributed by atoms with Crippen LogP contribution in [-0.4, -0.2) is 41.4 Å². The van der Waals surface area contributed by atoms with E-state index in [9.17, 15) is 20.3 Å². The summed E-state index contributed by atoms with van der Waals surface area (Å²) < 4.78 is 12.2. The van der Waals surface area contributed by atoms with Crippen LogP contribution in [0.2, 0.25) is 0 Å². The first-order valence-corrected chi connectivity index (χ1v) is 14.0. The Kier molecular flexibility index (Phi) is 13.2. The van der Waals surface area contributed by atoms with Crippen molar-refractivity contribution in [1.82, 2.24) is 0 Å². The Morgan fingerprint density at radius 1 is 0.925 bits per heavy atom. The van der Waals surface area contributed by atoms with Gasteiger partial charge in [-0.1, -0.05) is 32.3 Å². The number of phenols is 2. The maximum Gasteiger partial charge on any atom is 0.314 e. The highest BCUT2D eigenvalue weighted by Crippen LogP contribution is 2.43. The van der Waals surface area contributed by atoms with Gasteiger partial charge in [-0.3, -0.25) is 10.1 Å². The van der Waals surface area contributed by atoms with Crippen LogP contribution in [0, 0.1) is 10.1 Å². The summed E-state index contributed by atoms with van der Waals surface area (Å²) >= 11 is 0. The van der Waals surface area contributed by atoms with E-state index in [1.807, 2.05) is 38.9 Å². The summed E-state index contributed by atoms with van der Waals surface area (Å²) in [6.45, 7) is 9.78. The molecule has 0 spiro atoms. The molecule has 2 aromatic carbocycles. The third kappa shape index (κ3) is 10.1. The molecule has 0 bridgehead atoms. The third-order valence-electron chi connectivity index (χ3n) is 6.45. The highest BCUT2D eigenvalue weighted by molar-refractivity contribution is 5.69. The molecule has 0 aromatic heterocycles. The van der Waals surface area contributed by atoms with Crippen molar-refractivity contribution in [2.24, 2.45) is 10.2 Å². The lowest BCUT2D eigenvalue weighted by Gasteiger charge is -2.22. The van der Waals surface area contributed by atoms with Crippen LogP contribution in [0.3, 0.4) is 0 Å². The summed E-state index contributed by atoms with van der Waals surface area (Å²) in [6.07, 6.45) is 10.5. The van der Waals surface area contributed by atoms with Gasteiger partial charge in [0.05, 0.1) is 28.9 Å². The van der Waals surface area contributed by atoms with Crippen molar-refractivity contribution in [2.45, 2.75) is 90.8 Å². The Morgan fingerprint density at radius 2 is 1.55 bits per heavy atom. The van der Waals surface area contributed by atoms with Crippen molar-refractivity contribution >= 4 is 22.7 Å². The van der Waals surface area contributed by atoms with Gasteiger partial charge >= 0.3 is 5.69 Å². The van der Waals surface area contributed by atoms with Crippen molar-refractivity contribution in [1.29, 1.82) is 0 Å². The molecule has 0 saturated carbocycles. The lowest BCUT2D eigenvalue weighted by atomic mass is 10.1. The number of nitro groups is 1. The van der Waals surface area contributed by atoms with E-state index in [1.54, 1.807) is 12.1 Å². The van der Waals surface area contributed by atoms with Gasteiger partial charge in [-0.05, 0) is 52.4 Å². The predicted octanol–water partition coefficient (Wildman–Crippen LogP) is 8.74. The van der Waals surface area contributed by atoms with E-state index in [0.29, 0.717) is 11.4 Å². The van der Waals surface area contributed by atoms with Crippen LogP contribution in [0.5, 0.6) is 23.0 Å². The fourth-order valence-electron chi connectivity index (χ4n) is 4.17. The molecule has 220 valence electrons. The molecule has 0 unspecified atom stereocenters. The molecule has 0 aliphatic carbocycles. The highest BCUT2D eigenvalue weighted by Gasteiger charge is 2.21. The van der Waals surface area contributed by atoms with Gasteiger partial charge in [0.1, 0.15) is 22.9 Å². The fraction of sp³-hybridized carbons (Fsp3) is 0.533. The number of unbranched alkanes of at least 4 members (excludes halogenated alkanes) is 5. The Hall–Kier alpha value is -3.82. The van der Waals surface area contributed by atoms with Gasteiger partial charge in [-0.2, -0.15) is 0 Å². The van der Waals surface area contributed by atoms with E-state index in [0.717, 1.165) is 69.9 Å². The monoisotopic (exact) mass is 556 g/mol. The molecule has 0 radical (unpaired) electrons. The Bertz CT molecular complexity index is 1150. The lowest BCUT2D eigenvalue weighted by molar-refractivity contribution is -0.385. The Balaban J connectivity index is 2.36. The van der Waals surface area contributed by atoms with Gasteiger partial charge in [0.15, 0.2) is 11.5 Å². The van der Waals surface area contributed by atoms with Crippen molar-refractivity contribution in [3.63, 3.8) is 0 Å². The summed E-state index contributed by atoms with van der Waals surface area (Å²) in [6, 6.07) is 5.46. The number of phenolic OH excluding ortho intramolecular Hbond substituents is 2. The Labute approximate surface area is 237 Å². The number of allylic oxidation sites excluding steroid dienone is 1. The van der Waals surface area contributed by atoms with Crippen LogP contribution >= 0.6 is 0 Å². The second kappa shape index (κ2) is 16.3. The minimum atomic E-state index is -0.678. The molecule has 0 fully saturated rings. The predicted molar refractivity (Wildman–Crippen MR) is 159 cm³/mol. The van der Waals surface area contributed by atoms with E-state index in [2.05, 4.69) is 23.7 Å². The molecule has 2 N–H and O–H groups in total. The number of rotatable bonds is 18. The molecular formula is C30H44N4O6. The average molecular weight is 557 g/mol. The zero-order valence-corrected chi connectivity index (χ0v) is 24.4. The zero-order valence-electron chi connectivity index (χ0n) is 24.4. The number of benzene rings is 2. The van der Waals surface area contributed by atoms with E-state index in [-0.39, 0.29) is 35.1 Å². The topological polar surface area (TPSA) is 130 Å². The number of hydrogen-bond donors (Lipinski definition) is 2. The minimum Gasteiger partial charge on any atom is -0.506 e. The molecule has 2 rings (SSSR count). The summed E-state index contributed by atoms with van der Waals surface area (Å²) in [5.41, 5.74) is 0.458. The first-order chi connectivity index (χ1) is 19.1. The third-order valence-corrected chi connectivity index (χ3v) is 6.45. The van der Waals surface area contributed by atoms with Gasteiger partial charge in [0, 0.05) is 32.3 Å². The quantitative estimate of drug-likeness (QED) is 0.0617. The lowest BCUT2D eigenvalue weighted by Crippen LogP contribution is -2.16. The minimum absolute atomic E-state index is 0.0664. The molecule has 2 aromatic rings. The van der Waals surface area contributed by atoms with Crippen LogP contribution in [0.4, 0.5) is 22.7 Å². The molecule has 10 heteroatoms. The second-order valence-electron chi connectivity index (χ2n) is 10.2. The van der Waals surface area contributed by atoms with Crippen LogP contribution in [0.1, 0.15) is 78.6 Å². The standard InChI is InChI=1S/C30H44N4O6/c1-7-9-11-13-15-21(3)39-29-20-25(34(37)38)28(36)17-24(29)32-31-23-18-30(26(33(5)6)19-27(23)35)40-22(4)16-14-12-10-8-2/h8,17-22,35-36H,2,7,9-16H2,1,3-6H3/t21-,22-/m0/s1. The molecule has 0 aliphatic rings. The summed E-state index contributed by atoms with van der Waals surface area (Å²) in [5, 5.41) is 40.8. The first-order valence-electron chi connectivity index (χ1n) is 14.0. The molecule has 0 aliphatic heterocycles. The molecule has 0 heterocycles. The highest BCUT2D eigenvalue weighted by atomic mass is 16.6.